The van der Waals surface area contributed by atoms with E-state index in [1.807, 2.05) is 44.2 Å². The number of nitrogens with one attached hydrogen (secondary N) is 2. The maximum atomic E-state index is 14.0. The third-order valence-corrected chi connectivity index (χ3v) is 8.15. The summed E-state index contributed by atoms with van der Waals surface area (Å²) in [6.45, 7) is 3.96. The molecule has 1 aromatic carbocycles. The summed E-state index contributed by atoms with van der Waals surface area (Å²) in [5.41, 5.74) is 0.954. The van der Waals surface area contributed by atoms with Crippen LogP contribution in [-0.2, 0) is 14.4 Å². The number of carbonyl (C=O) groups excluding carboxylic acids is 3. The number of benzene rings is 1. The number of rotatable bonds is 14. The molecule has 1 heterocycles. The van der Waals surface area contributed by atoms with Gasteiger partial charge in [-0.3, -0.25) is 19.6 Å². The molecule has 1 aliphatic rings. The van der Waals surface area contributed by atoms with Crippen LogP contribution in [0.4, 0.5) is 5.13 Å². The van der Waals surface area contributed by atoms with Gasteiger partial charge in [0, 0.05) is 17.5 Å². The quantitative estimate of drug-likeness (QED) is 0.174. The van der Waals surface area contributed by atoms with Gasteiger partial charge in [-0.05, 0) is 30.7 Å². The average molecular weight is 529 g/mol. The van der Waals surface area contributed by atoms with Gasteiger partial charge in [-0.2, -0.15) is 0 Å². The van der Waals surface area contributed by atoms with Crippen LogP contribution in [-0.4, -0.2) is 45.6 Å². The summed E-state index contributed by atoms with van der Waals surface area (Å²) in [5.74, 6) is -1.18. The average Bonchev–Trinajstić information content (AvgIpc) is 3.44. The van der Waals surface area contributed by atoms with Crippen LogP contribution in [0.1, 0.15) is 83.1 Å². The summed E-state index contributed by atoms with van der Waals surface area (Å²) in [7, 11) is 0. The first-order chi connectivity index (χ1) is 18.0. The van der Waals surface area contributed by atoms with Gasteiger partial charge in [-0.25, -0.2) is 10.0 Å². The van der Waals surface area contributed by atoms with Gasteiger partial charge in [-0.15, -0.1) is 11.3 Å². The summed E-state index contributed by atoms with van der Waals surface area (Å²) in [6, 6.07) is 8.20. The standard InChI is InChI=1S/C28H40N4O4S/c1-3-11-24(32(36)19-33)23(18-20-12-7-5-8-13-20)26(34)30-25(27(35)31-28-29-16-17-37-28)22(4-2)21-14-9-6-10-15-21/h6,9-10,14-17,19-20,22-25,36H,3-5,7-8,11-13,18H2,1-2H3,(H,30,34)(H,29,31,35)/t22?,23-,24+,25?/m1/s1. The molecule has 3 N–H and O–H groups in total. The second kappa shape index (κ2) is 14.8. The van der Waals surface area contributed by atoms with Gasteiger partial charge >= 0.3 is 0 Å². The second-order valence-corrected chi connectivity index (χ2v) is 10.8. The molecule has 1 aromatic heterocycles. The number of hydrogen-bond acceptors (Lipinski definition) is 6. The Hall–Kier alpha value is -2.78. The largest absolute Gasteiger partial charge is 0.343 e. The topological polar surface area (TPSA) is 112 Å². The van der Waals surface area contributed by atoms with Crippen molar-refractivity contribution in [2.24, 2.45) is 11.8 Å². The summed E-state index contributed by atoms with van der Waals surface area (Å²) in [5, 5.41) is 19.3. The van der Waals surface area contributed by atoms with Crippen LogP contribution in [0.5, 0.6) is 0 Å². The maximum absolute atomic E-state index is 14.0. The SMILES string of the molecule is CCC[C@@H]([C@@H](CC1CCCCC1)C(=O)NC(C(=O)Nc1nccs1)C(CC)c1ccccc1)N(O)C=O. The summed E-state index contributed by atoms with van der Waals surface area (Å²) in [6.07, 6.45) is 9.91. The second-order valence-electron chi connectivity index (χ2n) is 9.93. The highest BCUT2D eigenvalue weighted by atomic mass is 32.1. The Balaban J connectivity index is 1.91. The lowest BCUT2D eigenvalue weighted by atomic mass is 9.78. The molecule has 1 aliphatic carbocycles. The normalized spacial score (nSPS) is 17.3. The number of carbonyl (C=O) groups is 3. The molecule has 2 unspecified atom stereocenters. The van der Waals surface area contributed by atoms with E-state index in [4.69, 9.17) is 0 Å². The smallest absolute Gasteiger partial charge is 0.249 e. The molecule has 0 saturated heterocycles. The van der Waals surface area contributed by atoms with Crippen molar-refractivity contribution in [1.29, 1.82) is 0 Å². The van der Waals surface area contributed by atoms with Gasteiger partial charge in [-0.1, -0.05) is 82.7 Å². The van der Waals surface area contributed by atoms with E-state index in [2.05, 4.69) is 15.6 Å². The zero-order valence-corrected chi connectivity index (χ0v) is 22.7. The molecule has 2 aromatic rings. The Kier molecular flexibility index (Phi) is 11.5. The van der Waals surface area contributed by atoms with Gasteiger partial charge in [0.25, 0.3) is 0 Å². The highest BCUT2D eigenvalue weighted by molar-refractivity contribution is 7.13. The van der Waals surface area contributed by atoms with Gasteiger partial charge in [0.15, 0.2) is 5.13 Å². The molecule has 202 valence electrons. The van der Waals surface area contributed by atoms with Crippen LogP contribution in [0.15, 0.2) is 41.9 Å². The molecular formula is C28H40N4O4S. The number of nitrogens with zero attached hydrogens (tertiary/aromatic N) is 2. The fraction of sp³-hybridized carbons (Fsp3) is 0.571. The van der Waals surface area contributed by atoms with Gasteiger partial charge in [0.2, 0.25) is 18.2 Å². The minimum absolute atomic E-state index is 0.263. The minimum atomic E-state index is -0.844. The van der Waals surface area contributed by atoms with Crippen LogP contribution in [0.25, 0.3) is 0 Å². The molecule has 0 bridgehead atoms. The van der Waals surface area contributed by atoms with E-state index in [0.29, 0.717) is 48.2 Å². The van der Waals surface area contributed by atoms with Crippen LogP contribution < -0.4 is 10.6 Å². The highest BCUT2D eigenvalue weighted by Crippen LogP contribution is 2.33. The monoisotopic (exact) mass is 528 g/mol. The van der Waals surface area contributed by atoms with Gasteiger partial charge in [0.1, 0.15) is 6.04 Å². The predicted octanol–water partition coefficient (Wildman–Crippen LogP) is 5.36. The van der Waals surface area contributed by atoms with Crippen LogP contribution in [0.3, 0.4) is 0 Å². The number of hydrogen-bond donors (Lipinski definition) is 3. The fourth-order valence-electron chi connectivity index (χ4n) is 5.55. The lowest BCUT2D eigenvalue weighted by Gasteiger charge is -2.35. The summed E-state index contributed by atoms with van der Waals surface area (Å²) < 4.78 is 0. The van der Waals surface area contributed by atoms with E-state index in [1.165, 1.54) is 17.8 Å². The minimum Gasteiger partial charge on any atom is -0.343 e. The molecule has 1 fully saturated rings. The Morgan fingerprint density at radius 2 is 1.89 bits per heavy atom. The third kappa shape index (κ3) is 8.10. The first-order valence-corrected chi connectivity index (χ1v) is 14.3. The van der Waals surface area contributed by atoms with E-state index in [-0.39, 0.29) is 17.7 Å². The van der Waals surface area contributed by atoms with Gasteiger partial charge in [0.05, 0.1) is 12.0 Å². The highest BCUT2D eigenvalue weighted by Gasteiger charge is 2.38. The molecule has 0 radical (unpaired) electrons. The van der Waals surface area contributed by atoms with E-state index >= 15 is 0 Å². The van der Waals surface area contributed by atoms with Crippen LogP contribution in [0, 0.1) is 11.8 Å². The lowest BCUT2D eigenvalue weighted by Crippen LogP contribution is -2.53. The molecule has 8 nitrogen and oxygen atoms in total. The van der Waals surface area contributed by atoms with Crippen molar-refractivity contribution >= 4 is 34.7 Å². The number of aromatic nitrogens is 1. The fourth-order valence-corrected chi connectivity index (χ4v) is 6.09. The molecule has 37 heavy (non-hydrogen) atoms. The third-order valence-electron chi connectivity index (χ3n) is 7.46. The predicted molar refractivity (Wildman–Crippen MR) is 145 cm³/mol. The Bertz CT molecular complexity index is 966. The number of thiazole rings is 1. The zero-order chi connectivity index (χ0) is 26.6. The van der Waals surface area contributed by atoms with Crippen molar-refractivity contribution < 1.29 is 19.6 Å². The first-order valence-electron chi connectivity index (χ1n) is 13.5. The summed E-state index contributed by atoms with van der Waals surface area (Å²) >= 11 is 1.32. The molecule has 0 spiro atoms. The first kappa shape index (κ1) is 28.8. The molecule has 9 heteroatoms. The molecule has 0 aliphatic heterocycles. The van der Waals surface area contributed by atoms with Crippen molar-refractivity contribution in [2.45, 2.75) is 89.6 Å². The van der Waals surface area contributed by atoms with Crippen LogP contribution in [0.2, 0.25) is 0 Å². The van der Waals surface area contributed by atoms with Crippen molar-refractivity contribution in [3.05, 3.63) is 47.5 Å². The number of hydroxylamine groups is 2. The van der Waals surface area contributed by atoms with E-state index in [9.17, 15) is 19.6 Å². The zero-order valence-electron chi connectivity index (χ0n) is 21.8. The lowest BCUT2D eigenvalue weighted by molar-refractivity contribution is -0.170. The molecule has 4 atom stereocenters. The summed E-state index contributed by atoms with van der Waals surface area (Å²) in [4.78, 5) is 43.2. The van der Waals surface area contributed by atoms with Crippen molar-refractivity contribution in [3.8, 4) is 0 Å². The van der Waals surface area contributed by atoms with E-state index in [1.54, 1.807) is 11.6 Å². The van der Waals surface area contributed by atoms with Crippen LogP contribution >= 0.6 is 11.3 Å². The molecule has 3 rings (SSSR count). The van der Waals surface area contributed by atoms with Crippen molar-refractivity contribution in [3.63, 3.8) is 0 Å². The number of anilines is 1. The van der Waals surface area contributed by atoms with Crippen molar-refractivity contribution in [1.82, 2.24) is 15.4 Å². The molecule has 3 amide bonds. The van der Waals surface area contributed by atoms with Gasteiger partial charge < -0.3 is 10.6 Å². The Labute approximate surface area is 223 Å². The molecular weight excluding hydrogens is 488 g/mol. The van der Waals surface area contributed by atoms with E-state index < -0.39 is 18.0 Å². The van der Waals surface area contributed by atoms with E-state index in [0.717, 1.165) is 31.2 Å². The number of amides is 3. The molecule has 1 saturated carbocycles. The maximum Gasteiger partial charge on any atom is 0.249 e. The Morgan fingerprint density at radius 3 is 2.49 bits per heavy atom. The van der Waals surface area contributed by atoms with Crippen molar-refractivity contribution in [2.75, 3.05) is 5.32 Å². The Morgan fingerprint density at radius 1 is 1.16 bits per heavy atom.